The van der Waals surface area contributed by atoms with E-state index >= 15 is 0 Å². The van der Waals surface area contributed by atoms with Gasteiger partial charge in [0.1, 0.15) is 0 Å². The van der Waals surface area contributed by atoms with Crippen molar-refractivity contribution in [2.75, 3.05) is 0 Å². The van der Waals surface area contributed by atoms with Gasteiger partial charge in [-0.2, -0.15) is 0 Å². The average molecular weight is 618 g/mol. The maximum Gasteiger partial charge on any atom is 0.0541 e. The Kier molecular flexibility index (Phi) is 6.04. The van der Waals surface area contributed by atoms with E-state index in [9.17, 15) is 0 Å². The summed E-state index contributed by atoms with van der Waals surface area (Å²) in [6.07, 6.45) is 8.85. The minimum Gasteiger partial charge on any atom is -0.347 e. The van der Waals surface area contributed by atoms with Crippen molar-refractivity contribution in [1.82, 2.24) is 13.7 Å². The highest BCUT2D eigenvalue weighted by molar-refractivity contribution is 6.10. The van der Waals surface area contributed by atoms with Gasteiger partial charge in [-0.15, -0.1) is 0 Å². The number of hydrogen-bond donors (Lipinski definition) is 0. The SMILES string of the molecule is Cn1c2c(c3cc(-n4c5ccccc5c5cc(CCc6ccc7c(c6)c6ccccc6n7-c6ccccc6)ccc54)ccc31)C=CCC2. The van der Waals surface area contributed by atoms with E-state index in [1.807, 2.05) is 0 Å². The summed E-state index contributed by atoms with van der Waals surface area (Å²) in [7, 11) is 2.21. The summed E-state index contributed by atoms with van der Waals surface area (Å²) >= 11 is 0. The standard InChI is InChI=1S/C45H35N3/c1-46-40-16-8-5-13-34(40)39-29-33(23-26-41(39)46)48-43-18-10-7-15-36(43)38-28-31(22-25-45(38)48)20-19-30-21-24-44-37(27-30)35-14-6-9-17-42(35)47(44)32-11-3-2-4-12-32/h2-7,9-15,17-18,21-29H,8,16,19-20H2,1H3. The lowest BCUT2D eigenvalue weighted by Crippen LogP contribution is -1.99. The van der Waals surface area contributed by atoms with Crippen LogP contribution < -0.4 is 0 Å². The van der Waals surface area contributed by atoms with E-state index in [0.29, 0.717) is 0 Å². The van der Waals surface area contributed by atoms with Crippen molar-refractivity contribution in [3.8, 4) is 11.4 Å². The van der Waals surface area contributed by atoms with Crippen molar-refractivity contribution in [3.05, 3.63) is 162 Å². The van der Waals surface area contributed by atoms with Crippen LogP contribution in [0.2, 0.25) is 0 Å². The van der Waals surface area contributed by atoms with Crippen LogP contribution in [0.5, 0.6) is 0 Å². The Hall–Kier alpha value is -5.80. The summed E-state index contributed by atoms with van der Waals surface area (Å²) in [5.74, 6) is 0. The van der Waals surface area contributed by atoms with Crippen molar-refractivity contribution in [2.45, 2.75) is 25.7 Å². The van der Waals surface area contributed by atoms with E-state index in [1.165, 1.54) is 88.3 Å². The smallest absolute Gasteiger partial charge is 0.0541 e. The highest BCUT2D eigenvalue weighted by Crippen LogP contribution is 2.37. The van der Waals surface area contributed by atoms with Gasteiger partial charge in [-0.1, -0.05) is 78.9 Å². The van der Waals surface area contributed by atoms with E-state index < -0.39 is 0 Å². The lowest BCUT2D eigenvalue weighted by Gasteiger charge is -2.10. The molecule has 1 aliphatic carbocycles. The van der Waals surface area contributed by atoms with Gasteiger partial charge in [0, 0.05) is 62.1 Å². The van der Waals surface area contributed by atoms with E-state index in [-0.39, 0.29) is 0 Å². The second-order valence-corrected chi connectivity index (χ2v) is 13.3. The quantitative estimate of drug-likeness (QED) is 0.183. The van der Waals surface area contributed by atoms with Crippen LogP contribution in [0.4, 0.5) is 0 Å². The van der Waals surface area contributed by atoms with Gasteiger partial charge in [-0.25, -0.2) is 0 Å². The maximum absolute atomic E-state index is 2.45. The van der Waals surface area contributed by atoms with Gasteiger partial charge in [0.15, 0.2) is 0 Å². The van der Waals surface area contributed by atoms with Crippen molar-refractivity contribution in [1.29, 1.82) is 0 Å². The van der Waals surface area contributed by atoms with Gasteiger partial charge in [-0.05, 0) is 104 Å². The van der Waals surface area contributed by atoms with E-state index in [0.717, 1.165) is 25.7 Å². The molecule has 3 heterocycles. The molecule has 0 unspecified atom stereocenters. The lowest BCUT2D eigenvalue weighted by molar-refractivity contribution is 0.824. The van der Waals surface area contributed by atoms with Gasteiger partial charge in [-0.3, -0.25) is 0 Å². The van der Waals surface area contributed by atoms with Crippen LogP contribution in [0, 0.1) is 0 Å². The number of hydrogen-bond acceptors (Lipinski definition) is 0. The zero-order chi connectivity index (χ0) is 31.8. The van der Waals surface area contributed by atoms with Crippen molar-refractivity contribution in [3.63, 3.8) is 0 Å². The van der Waals surface area contributed by atoms with Crippen LogP contribution >= 0.6 is 0 Å². The third-order valence-electron chi connectivity index (χ3n) is 10.6. The number of allylic oxidation sites excluding steroid dienone is 1. The molecule has 48 heavy (non-hydrogen) atoms. The molecule has 3 aromatic heterocycles. The first-order valence-electron chi connectivity index (χ1n) is 17.1. The molecule has 9 aromatic rings. The van der Waals surface area contributed by atoms with E-state index in [2.05, 4.69) is 166 Å². The molecule has 0 N–H and O–H groups in total. The van der Waals surface area contributed by atoms with Crippen LogP contribution in [0.1, 0.15) is 28.8 Å². The topological polar surface area (TPSA) is 14.8 Å². The van der Waals surface area contributed by atoms with Crippen molar-refractivity contribution < 1.29 is 0 Å². The molecule has 0 atom stereocenters. The molecule has 0 saturated carbocycles. The second-order valence-electron chi connectivity index (χ2n) is 13.3. The third-order valence-corrected chi connectivity index (χ3v) is 10.6. The van der Waals surface area contributed by atoms with Gasteiger partial charge >= 0.3 is 0 Å². The Labute approximate surface area is 279 Å². The molecular formula is C45H35N3. The van der Waals surface area contributed by atoms with Crippen LogP contribution in [0.3, 0.4) is 0 Å². The lowest BCUT2D eigenvalue weighted by atomic mass is 10.0. The van der Waals surface area contributed by atoms with Crippen LogP contribution in [0.15, 0.2) is 140 Å². The molecule has 3 heteroatoms. The van der Waals surface area contributed by atoms with Gasteiger partial charge in [0.2, 0.25) is 0 Å². The minimum atomic E-state index is 0.993. The first-order chi connectivity index (χ1) is 23.7. The summed E-state index contributed by atoms with van der Waals surface area (Å²) in [5, 5.41) is 6.58. The fourth-order valence-electron chi connectivity index (χ4n) is 8.34. The Bertz CT molecular complexity index is 2730. The Morgan fingerprint density at radius 3 is 1.71 bits per heavy atom. The highest BCUT2D eigenvalue weighted by atomic mass is 15.0. The molecule has 0 saturated heterocycles. The molecule has 10 rings (SSSR count). The Balaban J connectivity index is 1.03. The second kappa shape index (κ2) is 10.6. The zero-order valence-electron chi connectivity index (χ0n) is 27.0. The van der Waals surface area contributed by atoms with Gasteiger partial charge in [0.05, 0.1) is 22.1 Å². The van der Waals surface area contributed by atoms with Crippen molar-refractivity contribution >= 4 is 60.6 Å². The molecule has 3 nitrogen and oxygen atoms in total. The molecule has 0 bridgehead atoms. The zero-order valence-corrected chi connectivity index (χ0v) is 27.0. The predicted octanol–water partition coefficient (Wildman–Crippen LogP) is 11.1. The van der Waals surface area contributed by atoms with Crippen LogP contribution in [-0.2, 0) is 26.3 Å². The summed E-state index contributed by atoms with van der Waals surface area (Å²) in [4.78, 5) is 0. The third kappa shape index (κ3) is 4.07. The molecule has 1 aliphatic rings. The molecule has 0 aliphatic heterocycles. The molecule has 0 amide bonds. The molecule has 0 fully saturated rings. The normalized spacial score (nSPS) is 13.0. The minimum absolute atomic E-state index is 0.993. The molecule has 0 radical (unpaired) electrons. The number of para-hydroxylation sites is 3. The van der Waals surface area contributed by atoms with Crippen LogP contribution in [0.25, 0.3) is 72.0 Å². The number of nitrogens with zero attached hydrogens (tertiary/aromatic N) is 3. The maximum atomic E-state index is 2.45. The van der Waals surface area contributed by atoms with E-state index in [1.54, 1.807) is 0 Å². The molecule has 0 spiro atoms. The van der Waals surface area contributed by atoms with E-state index in [4.69, 9.17) is 0 Å². The van der Waals surface area contributed by atoms with Gasteiger partial charge < -0.3 is 13.7 Å². The summed E-state index contributed by atoms with van der Waals surface area (Å²) < 4.78 is 7.23. The first kappa shape index (κ1) is 27.3. The predicted molar refractivity (Wildman–Crippen MR) is 203 cm³/mol. The van der Waals surface area contributed by atoms with Gasteiger partial charge in [0.25, 0.3) is 0 Å². The number of rotatable bonds is 5. The molecular weight excluding hydrogens is 583 g/mol. The number of benzene rings is 6. The Morgan fingerprint density at radius 1 is 0.479 bits per heavy atom. The Morgan fingerprint density at radius 2 is 1.04 bits per heavy atom. The summed E-state index contributed by atoms with van der Waals surface area (Å²) in [6, 6.07) is 49.5. The monoisotopic (exact) mass is 617 g/mol. The fourth-order valence-corrected chi connectivity index (χ4v) is 8.34. The largest absolute Gasteiger partial charge is 0.347 e. The number of aryl methyl sites for hydroxylation is 3. The first-order valence-corrected chi connectivity index (χ1v) is 17.1. The fraction of sp³-hybridized carbons (Fsp3) is 0.111. The number of fused-ring (bicyclic) bond motifs is 9. The van der Waals surface area contributed by atoms with Crippen LogP contribution in [-0.4, -0.2) is 13.7 Å². The average Bonchev–Trinajstić information content (AvgIpc) is 3.76. The molecule has 6 aromatic carbocycles. The summed E-state index contributed by atoms with van der Waals surface area (Å²) in [6.45, 7) is 0. The highest BCUT2D eigenvalue weighted by Gasteiger charge is 2.18. The molecule has 230 valence electrons. The van der Waals surface area contributed by atoms with Crippen molar-refractivity contribution in [2.24, 2.45) is 7.05 Å². The summed E-state index contributed by atoms with van der Waals surface area (Å²) in [5.41, 5.74) is 14.3. The number of aromatic nitrogens is 3.